The van der Waals surface area contributed by atoms with Gasteiger partial charge in [-0.15, -0.1) is 0 Å². The summed E-state index contributed by atoms with van der Waals surface area (Å²) >= 11 is 0. The normalized spacial score (nSPS) is 16.5. The summed E-state index contributed by atoms with van der Waals surface area (Å²) in [6, 6.07) is 13.9. The topological polar surface area (TPSA) is 77.7 Å². The number of hydrogen-bond acceptors (Lipinski definition) is 6. The lowest BCUT2D eigenvalue weighted by molar-refractivity contribution is -0.128. The second-order valence-corrected chi connectivity index (χ2v) is 9.15. The van der Waals surface area contributed by atoms with Crippen molar-refractivity contribution in [2.75, 3.05) is 20.8 Å². The lowest BCUT2D eigenvalue weighted by Crippen LogP contribution is -2.24. The van der Waals surface area contributed by atoms with E-state index in [1.54, 1.807) is 14.2 Å². The summed E-state index contributed by atoms with van der Waals surface area (Å²) in [4.78, 5) is 19.0. The molecule has 1 aliphatic heterocycles. The third-order valence-corrected chi connectivity index (χ3v) is 5.84. The molecule has 3 aromatic rings. The number of methoxy groups -OCH3 is 2. The highest BCUT2D eigenvalue weighted by Crippen LogP contribution is 2.32. The average Bonchev–Trinajstić information content (AvgIpc) is 3.40. The van der Waals surface area contributed by atoms with Crippen LogP contribution in [0.1, 0.15) is 50.1 Å². The van der Waals surface area contributed by atoms with E-state index in [0.717, 1.165) is 11.1 Å². The molecule has 0 N–H and O–H groups in total. The van der Waals surface area contributed by atoms with Crippen LogP contribution in [0.5, 0.6) is 11.5 Å². The van der Waals surface area contributed by atoms with Crippen LogP contribution in [-0.2, 0) is 16.8 Å². The van der Waals surface area contributed by atoms with Gasteiger partial charge in [-0.3, -0.25) is 4.79 Å². The third kappa shape index (κ3) is 4.47. The molecule has 1 fully saturated rings. The molecular weight excluding hydrogens is 406 g/mol. The van der Waals surface area contributed by atoms with Gasteiger partial charge < -0.3 is 18.9 Å². The first-order valence-corrected chi connectivity index (χ1v) is 10.7. The summed E-state index contributed by atoms with van der Waals surface area (Å²) in [6.45, 7) is 7.57. The van der Waals surface area contributed by atoms with E-state index < -0.39 is 0 Å². The van der Waals surface area contributed by atoms with E-state index in [2.05, 4.69) is 43.0 Å². The van der Waals surface area contributed by atoms with Crippen LogP contribution >= 0.6 is 0 Å². The maximum atomic E-state index is 12.6. The first kappa shape index (κ1) is 21.9. The molecule has 4 rings (SSSR count). The molecule has 1 unspecified atom stereocenters. The number of ether oxygens (including phenoxy) is 2. The fraction of sp³-hybridized carbons (Fsp3) is 0.400. The Balaban J connectivity index is 1.45. The number of hydrogen-bond donors (Lipinski definition) is 0. The fourth-order valence-electron chi connectivity index (χ4n) is 3.93. The monoisotopic (exact) mass is 435 g/mol. The minimum absolute atomic E-state index is 0.0686. The van der Waals surface area contributed by atoms with Gasteiger partial charge in [0.1, 0.15) is 0 Å². The molecule has 1 amide bonds. The van der Waals surface area contributed by atoms with Crippen molar-refractivity contribution in [3.63, 3.8) is 0 Å². The minimum atomic E-state index is -0.113. The van der Waals surface area contributed by atoms with Crippen LogP contribution in [-0.4, -0.2) is 41.7 Å². The molecule has 1 atom stereocenters. The summed E-state index contributed by atoms with van der Waals surface area (Å²) in [7, 11) is 3.20. The van der Waals surface area contributed by atoms with Crippen molar-refractivity contribution in [3.05, 3.63) is 59.5 Å². The fourth-order valence-corrected chi connectivity index (χ4v) is 3.93. The van der Waals surface area contributed by atoms with Gasteiger partial charge in [-0.25, -0.2) is 0 Å². The van der Waals surface area contributed by atoms with Gasteiger partial charge in [-0.2, -0.15) is 4.98 Å². The summed E-state index contributed by atoms with van der Waals surface area (Å²) in [6.07, 6.45) is 0.359. The molecule has 7 nitrogen and oxygen atoms in total. The van der Waals surface area contributed by atoms with Crippen molar-refractivity contribution in [2.24, 2.45) is 0 Å². The first-order chi connectivity index (χ1) is 15.3. The van der Waals surface area contributed by atoms with Gasteiger partial charge in [-0.1, -0.05) is 56.3 Å². The van der Waals surface area contributed by atoms with Crippen LogP contribution in [0.25, 0.3) is 11.4 Å². The second-order valence-electron chi connectivity index (χ2n) is 9.15. The first-order valence-electron chi connectivity index (χ1n) is 10.7. The highest BCUT2D eigenvalue weighted by molar-refractivity contribution is 5.79. The molecule has 7 heteroatoms. The van der Waals surface area contributed by atoms with Crippen LogP contribution in [0.2, 0.25) is 0 Å². The van der Waals surface area contributed by atoms with Gasteiger partial charge >= 0.3 is 0 Å². The molecule has 2 heterocycles. The van der Waals surface area contributed by atoms with Crippen molar-refractivity contribution in [1.82, 2.24) is 15.0 Å². The lowest BCUT2D eigenvalue weighted by atomic mass is 9.87. The van der Waals surface area contributed by atoms with E-state index >= 15 is 0 Å². The molecule has 1 aliphatic rings. The molecule has 2 aromatic carbocycles. The van der Waals surface area contributed by atoms with Crippen molar-refractivity contribution < 1.29 is 18.8 Å². The van der Waals surface area contributed by atoms with E-state index in [-0.39, 0.29) is 17.2 Å². The number of aromatic nitrogens is 2. The number of nitrogens with zero attached hydrogens (tertiary/aromatic N) is 3. The zero-order valence-electron chi connectivity index (χ0n) is 19.2. The Bertz CT molecular complexity index is 1100. The van der Waals surface area contributed by atoms with E-state index in [9.17, 15) is 4.79 Å². The number of amides is 1. The highest BCUT2D eigenvalue weighted by Gasteiger charge is 2.34. The van der Waals surface area contributed by atoms with Gasteiger partial charge in [0.25, 0.3) is 0 Å². The molecule has 32 heavy (non-hydrogen) atoms. The van der Waals surface area contributed by atoms with Gasteiger partial charge in [0.05, 0.1) is 20.1 Å². The molecule has 0 bridgehead atoms. The number of rotatable bonds is 6. The Morgan fingerprint density at radius 1 is 1.06 bits per heavy atom. The highest BCUT2D eigenvalue weighted by atomic mass is 16.5. The Labute approximate surface area is 188 Å². The second kappa shape index (κ2) is 8.65. The molecule has 0 saturated carbocycles. The quantitative estimate of drug-likeness (QED) is 0.565. The smallest absolute Gasteiger partial charge is 0.232 e. The van der Waals surface area contributed by atoms with Crippen molar-refractivity contribution >= 4 is 5.91 Å². The van der Waals surface area contributed by atoms with Crippen LogP contribution in [0.15, 0.2) is 47.0 Å². The molecule has 1 saturated heterocycles. The number of likely N-dealkylation sites (tertiary alicyclic amines) is 1. The zero-order valence-corrected chi connectivity index (χ0v) is 19.2. The third-order valence-electron chi connectivity index (χ3n) is 5.84. The predicted molar refractivity (Wildman–Crippen MR) is 121 cm³/mol. The van der Waals surface area contributed by atoms with Crippen LogP contribution in [0, 0.1) is 0 Å². The molecule has 0 radical (unpaired) electrons. The summed E-state index contributed by atoms with van der Waals surface area (Å²) in [5.41, 5.74) is 3.21. The van der Waals surface area contributed by atoms with Crippen molar-refractivity contribution in [3.8, 4) is 22.9 Å². The molecule has 0 spiro atoms. The standard InChI is InChI=1S/C25H29N3O4/c1-25(2,3)19-9-7-17(8-10-19)23-26-24(32-27-23)18-13-22(29)28(15-18)14-16-6-11-20(30-4)21(12-16)31-5/h6-12,18H,13-15H2,1-5H3. The van der Waals surface area contributed by atoms with E-state index in [1.807, 2.05) is 35.2 Å². The zero-order chi connectivity index (χ0) is 22.9. The Morgan fingerprint density at radius 2 is 1.78 bits per heavy atom. The number of benzene rings is 2. The van der Waals surface area contributed by atoms with Gasteiger partial charge in [0.15, 0.2) is 11.5 Å². The minimum Gasteiger partial charge on any atom is -0.493 e. The maximum Gasteiger partial charge on any atom is 0.232 e. The summed E-state index contributed by atoms with van der Waals surface area (Å²) < 4.78 is 16.2. The Morgan fingerprint density at radius 3 is 2.44 bits per heavy atom. The van der Waals surface area contributed by atoms with Gasteiger partial charge in [0, 0.05) is 25.1 Å². The maximum absolute atomic E-state index is 12.6. The average molecular weight is 436 g/mol. The van der Waals surface area contributed by atoms with Gasteiger partial charge in [-0.05, 0) is 28.7 Å². The summed E-state index contributed by atoms with van der Waals surface area (Å²) in [5.74, 6) is 2.31. The number of carbonyl (C=O) groups is 1. The van der Waals surface area contributed by atoms with Gasteiger partial charge in [0.2, 0.25) is 17.6 Å². The van der Waals surface area contributed by atoms with Crippen LogP contribution in [0.4, 0.5) is 0 Å². The summed E-state index contributed by atoms with van der Waals surface area (Å²) in [5, 5.41) is 4.15. The SMILES string of the molecule is COc1ccc(CN2CC(c3nc(-c4ccc(C(C)(C)C)cc4)no3)CC2=O)cc1OC. The molecule has 168 valence electrons. The van der Waals surface area contributed by atoms with E-state index in [1.165, 1.54) is 5.56 Å². The van der Waals surface area contributed by atoms with Crippen molar-refractivity contribution in [2.45, 2.75) is 45.1 Å². The van der Waals surface area contributed by atoms with Crippen LogP contribution < -0.4 is 9.47 Å². The Kier molecular flexibility index (Phi) is 5.91. The van der Waals surface area contributed by atoms with E-state index in [0.29, 0.717) is 42.7 Å². The molecule has 0 aliphatic carbocycles. The van der Waals surface area contributed by atoms with Crippen molar-refractivity contribution in [1.29, 1.82) is 0 Å². The van der Waals surface area contributed by atoms with E-state index in [4.69, 9.17) is 14.0 Å². The van der Waals surface area contributed by atoms with Crippen LogP contribution in [0.3, 0.4) is 0 Å². The predicted octanol–water partition coefficient (Wildman–Crippen LogP) is 4.57. The number of carbonyl (C=O) groups excluding carboxylic acids is 1. The molecule has 1 aromatic heterocycles. The lowest BCUT2D eigenvalue weighted by Gasteiger charge is -2.18. The molecular formula is C25H29N3O4. The largest absolute Gasteiger partial charge is 0.493 e. The Hall–Kier alpha value is -3.35.